The highest BCUT2D eigenvalue weighted by atomic mass is 16.6. The van der Waals surface area contributed by atoms with E-state index in [0.717, 1.165) is 121 Å². The Hall–Kier alpha value is -9.56. The average molecular weight is 2000 g/mol. The molecule has 4 aromatic rings. The summed E-state index contributed by atoms with van der Waals surface area (Å²) >= 11 is 0. The summed E-state index contributed by atoms with van der Waals surface area (Å²) < 4.78 is 49.4. The molecule has 4 N–H and O–H groups in total. The molecule has 0 bridgehead atoms. The van der Waals surface area contributed by atoms with Crippen LogP contribution in [0.1, 0.15) is 319 Å². The fraction of sp³-hybridized carbons (Fsp3) is 0.771. The van der Waals surface area contributed by atoms with Crippen molar-refractivity contribution in [2.24, 2.45) is 5.41 Å². The van der Waals surface area contributed by atoms with Gasteiger partial charge in [-0.25, -0.2) is 24.2 Å². The maximum absolute atomic E-state index is 14.2. The van der Waals surface area contributed by atoms with E-state index in [0.29, 0.717) is 134 Å². The molecule has 2 aliphatic rings. The highest BCUT2D eigenvalue weighted by molar-refractivity contribution is 5.88. The molecule has 37 heteroatoms. The molecule has 3 atom stereocenters. The van der Waals surface area contributed by atoms with Gasteiger partial charge in [-0.15, -0.1) is 4.68 Å². The second-order valence-electron chi connectivity index (χ2n) is 47.2. The molecule has 0 aliphatic carbocycles. The van der Waals surface area contributed by atoms with E-state index in [-0.39, 0.29) is 99.2 Å². The number of anilines is 2. The van der Waals surface area contributed by atoms with Crippen LogP contribution in [0.2, 0.25) is 0 Å². The summed E-state index contributed by atoms with van der Waals surface area (Å²) in [4.78, 5) is 171. The zero-order valence-corrected chi connectivity index (χ0v) is 91.6. The van der Waals surface area contributed by atoms with Crippen molar-refractivity contribution in [3.05, 3.63) is 71.8 Å². The number of carbonyl (C=O) groups excluding carboxylic acids is 10. The lowest BCUT2D eigenvalue weighted by Gasteiger charge is -2.40. The average Bonchev–Trinajstić information content (AvgIpc) is 1.12. The number of carbonyl (C=O) groups is 10. The summed E-state index contributed by atoms with van der Waals surface area (Å²) in [6, 6.07) is 5.33. The number of nitrogens with one attached hydrogen (secondary N) is 4. The zero-order chi connectivity index (χ0) is 106. The smallest absolute Gasteiger partial charge is 0.351 e. The molecule has 3 aromatic heterocycles. The molecule has 2 fully saturated rings. The number of benzene rings is 1. The predicted molar refractivity (Wildman–Crippen MR) is 547 cm³/mol. The Bertz CT molecular complexity index is 4480. The number of amides is 3. The maximum Gasteiger partial charge on any atom is 0.351 e. The number of esters is 8. The van der Waals surface area contributed by atoms with Gasteiger partial charge in [0.1, 0.15) is 75.1 Å². The maximum atomic E-state index is 14.2. The lowest BCUT2D eigenvalue weighted by Crippen LogP contribution is -2.54. The summed E-state index contributed by atoms with van der Waals surface area (Å²) in [5.74, 6) is -1.34. The summed E-state index contributed by atoms with van der Waals surface area (Å²) in [5, 5.41) is 16.5. The van der Waals surface area contributed by atoms with Crippen molar-refractivity contribution in [2.45, 2.75) is 398 Å². The van der Waals surface area contributed by atoms with E-state index in [4.69, 9.17) is 52.8 Å². The van der Waals surface area contributed by atoms with Gasteiger partial charge >= 0.3 is 53.8 Å². The first-order valence-electron chi connectivity index (χ1n) is 51.7. The van der Waals surface area contributed by atoms with Crippen molar-refractivity contribution in [3.63, 3.8) is 0 Å². The molecule has 1 unspecified atom stereocenters. The Morgan fingerprint density at radius 3 is 1.47 bits per heavy atom. The largest absolute Gasteiger partial charge is 0.460 e. The number of ether oxygens (including phenoxy) is 8. The van der Waals surface area contributed by atoms with Crippen molar-refractivity contribution in [1.29, 1.82) is 0 Å². The first kappa shape index (κ1) is 121. The molecule has 802 valence electrons. The molecule has 1 aromatic carbocycles. The number of rotatable bonds is 50. The molecule has 6 rings (SSSR count). The van der Waals surface area contributed by atoms with Gasteiger partial charge in [0.25, 0.3) is 0 Å². The summed E-state index contributed by atoms with van der Waals surface area (Å²) in [6.07, 6.45) is 20.0. The standard InChI is InChI=1S/C105H179N19O18/c1-97(2,3)76-118-60-59-116(71-87(127)136-99(7,8)9)57-58-117(72-88(128)137-100(10,11)12)63-66-121(73-89(129)138-101(13,14)15)80(69-118)67-78-43-45-79(46-44-78)68-83-112-94(108-50-37-34-40-54-119(70-84-106-51-55-122(84)74-90(130)139-102(16,17)18)77-124-109-52-56-123(124)75-91(131)140-103(19,20)21)114-95(113-83)120-64-61-115(62-65-120)53-39-33-31-29-28-30-32-35-42-85(125)107-49-38-36-41-81(92(132)141-104(22,23)24)110-96(134)111-82(93(133)142-105(25,26)27)47-48-86(126)135-98(4,5)6/h43-46,51-52,55-56,80-82H,28-42,47-50,53-54,57-77H2,1-27H3,(H3-,107,108,110,111,112,113,114,125,134)/p+1/t80?,81-,82-/m0/s1. The van der Waals surface area contributed by atoms with E-state index in [9.17, 15) is 47.9 Å². The molecular weight excluding hydrogens is 1820 g/mol. The molecular formula is C105H180N19O18+. The molecule has 0 radical (unpaired) electrons. The van der Waals surface area contributed by atoms with E-state index >= 15 is 0 Å². The quantitative estimate of drug-likeness (QED) is 0.0138. The van der Waals surface area contributed by atoms with Crippen molar-refractivity contribution < 1.29 is 90.5 Å². The zero-order valence-electron chi connectivity index (χ0n) is 91.6. The molecule has 2 aliphatic heterocycles. The number of hydrogen-bond acceptors (Lipinski definition) is 31. The second kappa shape index (κ2) is 56.8. The number of aromatic nitrogens is 8. The topological polar surface area (TPSA) is 394 Å². The second-order valence-corrected chi connectivity index (χ2v) is 47.2. The van der Waals surface area contributed by atoms with Crippen LogP contribution in [0, 0.1) is 5.41 Å². The van der Waals surface area contributed by atoms with Crippen LogP contribution in [0.5, 0.6) is 0 Å². The van der Waals surface area contributed by atoms with Gasteiger partial charge < -0.3 is 68.6 Å². The monoisotopic (exact) mass is 2000 g/mol. The number of urea groups is 1. The van der Waals surface area contributed by atoms with Gasteiger partial charge in [0.15, 0.2) is 12.9 Å². The highest BCUT2D eigenvalue weighted by Crippen LogP contribution is 2.26. The third-order valence-electron chi connectivity index (χ3n) is 22.3. The van der Waals surface area contributed by atoms with E-state index in [1.807, 2.05) is 104 Å². The molecule has 5 heterocycles. The SMILES string of the molecule is CC(C)(C)CN1CCN(CC(=O)OC(C)(C)C)CCN(CC(=O)OC(C)(C)C)CCN(CC(=O)OC(C)(C)C)C(Cc2ccc(Cc3nc(NCCCCCN(Cc4nccn4CC(=O)OC(C)(C)C)Cn4ncc[n+]4CC(=O)OC(C)(C)C)nc(N4CCN(CCCCCCCCCCC(=O)NCCCC[C@H](NC(=O)N[C@@H](CCC(=O)OC(C)(C)C)C(=O)OC(C)(C)C)C(=O)OC(C)(C)C)CC4)n3)cc2)C1. The van der Waals surface area contributed by atoms with E-state index in [1.54, 1.807) is 101 Å². The van der Waals surface area contributed by atoms with E-state index in [1.165, 1.54) is 0 Å². The van der Waals surface area contributed by atoms with Crippen molar-refractivity contribution in [3.8, 4) is 0 Å². The van der Waals surface area contributed by atoms with Crippen LogP contribution in [-0.2, 0) is 120 Å². The normalized spacial score (nSPS) is 15.9. The Balaban J connectivity index is 1.12. The summed E-state index contributed by atoms with van der Waals surface area (Å²) in [5.41, 5.74) is -3.92. The van der Waals surface area contributed by atoms with Crippen LogP contribution in [0.3, 0.4) is 0 Å². The van der Waals surface area contributed by atoms with Crippen molar-refractivity contribution in [1.82, 2.24) is 79.7 Å². The van der Waals surface area contributed by atoms with Crippen LogP contribution in [0.4, 0.5) is 16.7 Å². The third-order valence-corrected chi connectivity index (χ3v) is 22.3. The first-order valence-corrected chi connectivity index (χ1v) is 51.7. The number of nitrogens with zero attached hydrogens (tertiary/aromatic N) is 15. The van der Waals surface area contributed by atoms with Gasteiger partial charge in [-0.1, -0.05) is 90.0 Å². The number of unbranched alkanes of at least 4 members (excludes halogenated alkanes) is 10. The fourth-order valence-corrected chi connectivity index (χ4v) is 16.4. The predicted octanol–water partition coefficient (Wildman–Crippen LogP) is 12.5. The molecule has 0 spiro atoms. The fourth-order valence-electron chi connectivity index (χ4n) is 16.4. The Kier molecular flexibility index (Phi) is 48.4. The van der Waals surface area contributed by atoms with Gasteiger partial charge in [0, 0.05) is 141 Å². The first-order chi connectivity index (χ1) is 66.0. The minimum Gasteiger partial charge on any atom is -0.460 e. The van der Waals surface area contributed by atoms with Crippen LogP contribution < -0.4 is 30.8 Å². The van der Waals surface area contributed by atoms with E-state index in [2.05, 4.69) is 111 Å². The van der Waals surface area contributed by atoms with Crippen LogP contribution in [-0.4, -0.2) is 311 Å². The van der Waals surface area contributed by atoms with Gasteiger partial charge in [0.05, 0.1) is 26.2 Å². The van der Waals surface area contributed by atoms with Crippen LogP contribution in [0.15, 0.2) is 49.1 Å². The molecule has 3 amide bonds. The lowest BCUT2D eigenvalue weighted by molar-refractivity contribution is -0.772. The summed E-state index contributed by atoms with van der Waals surface area (Å²) in [7, 11) is 0. The van der Waals surface area contributed by atoms with Crippen LogP contribution in [0.25, 0.3) is 0 Å². The van der Waals surface area contributed by atoms with Crippen LogP contribution >= 0.6 is 0 Å². The number of imidazole rings is 1. The minimum atomic E-state index is -1.21. The van der Waals surface area contributed by atoms with Gasteiger partial charge in [-0.2, -0.15) is 15.0 Å². The number of piperazine rings is 1. The molecule has 37 nitrogen and oxygen atoms in total. The highest BCUT2D eigenvalue weighted by Gasteiger charge is 2.36. The molecule has 0 saturated carbocycles. The molecule has 142 heavy (non-hydrogen) atoms. The Labute approximate surface area is 847 Å². The molecule has 2 saturated heterocycles. The third kappa shape index (κ3) is 53.9. The van der Waals surface area contributed by atoms with E-state index < -0.39 is 80.8 Å². The lowest BCUT2D eigenvalue weighted by atomic mass is 9.95. The van der Waals surface area contributed by atoms with Crippen molar-refractivity contribution >= 4 is 71.6 Å². The number of hydrogen-bond donors (Lipinski definition) is 4. The van der Waals surface area contributed by atoms with Gasteiger partial charge in [0.2, 0.25) is 30.5 Å². The Morgan fingerprint density at radius 2 is 0.923 bits per heavy atom. The van der Waals surface area contributed by atoms with Gasteiger partial charge in [-0.3, -0.25) is 58.2 Å². The Morgan fingerprint density at radius 1 is 0.451 bits per heavy atom. The van der Waals surface area contributed by atoms with Gasteiger partial charge in [-0.05, 0) is 252 Å². The van der Waals surface area contributed by atoms with Crippen molar-refractivity contribution in [2.75, 3.05) is 135 Å². The minimum absolute atomic E-state index is 0.00451. The summed E-state index contributed by atoms with van der Waals surface area (Å²) in [6.45, 7) is 60.9.